The Bertz CT molecular complexity index is 731. The van der Waals surface area contributed by atoms with Crippen LogP contribution in [0.4, 0.5) is 5.69 Å². The average Bonchev–Trinajstić information content (AvgIpc) is 2.68. The Kier molecular flexibility index (Phi) is 6.69. The number of benzene rings is 2. The second kappa shape index (κ2) is 9.19. The van der Waals surface area contributed by atoms with Gasteiger partial charge in [-0.3, -0.25) is 4.79 Å². The highest BCUT2D eigenvalue weighted by molar-refractivity contribution is 7.99. The third-order valence-electron chi connectivity index (χ3n) is 4.45. The van der Waals surface area contributed by atoms with Crippen LogP contribution in [-0.4, -0.2) is 49.8 Å². The molecule has 1 amide bonds. The van der Waals surface area contributed by atoms with Gasteiger partial charge < -0.3 is 14.5 Å². The number of carbonyl (C=O) groups excluding carboxylic acids is 1. The quantitative estimate of drug-likeness (QED) is 0.748. The molecule has 0 saturated carbocycles. The summed E-state index contributed by atoms with van der Waals surface area (Å²) < 4.78 is 5.20. The number of anilines is 1. The second-order valence-electron chi connectivity index (χ2n) is 6.19. The fourth-order valence-electron chi connectivity index (χ4n) is 2.98. The molecule has 0 aliphatic carbocycles. The lowest BCUT2D eigenvalue weighted by Crippen LogP contribution is -2.49. The van der Waals surface area contributed by atoms with Crippen molar-refractivity contribution in [3.8, 4) is 5.75 Å². The van der Waals surface area contributed by atoms with Crippen molar-refractivity contribution in [2.75, 3.05) is 43.9 Å². The van der Waals surface area contributed by atoms with Crippen molar-refractivity contribution in [1.82, 2.24) is 4.90 Å². The lowest BCUT2D eigenvalue weighted by molar-refractivity contribution is -0.128. The summed E-state index contributed by atoms with van der Waals surface area (Å²) in [5, 5.41) is 0.740. The van der Waals surface area contributed by atoms with Crippen molar-refractivity contribution in [1.29, 1.82) is 0 Å². The predicted molar refractivity (Wildman–Crippen MR) is 109 cm³/mol. The highest BCUT2D eigenvalue weighted by atomic mass is 35.5. The van der Waals surface area contributed by atoms with Gasteiger partial charge in [-0.05, 0) is 42.0 Å². The lowest BCUT2D eigenvalue weighted by atomic mass is 10.2. The Morgan fingerprint density at radius 1 is 1.12 bits per heavy atom. The molecule has 0 atom stereocenters. The van der Waals surface area contributed by atoms with Gasteiger partial charge in [0.2, 0.25) is 5.91 Å². The fraction of sp³-hybridized carbons (Fsp3) is 0.350. The Morgan fingerprint density at radius 2 is 1.85 bits per heavy atom. The first kappa shape index (κ1) is 18.9. The number of methoxy groups -OCH3 is 1. The summed E-state index contributed by atoms with van der Waals surface area (Å²) in [6, 6.07) is 15.9. The monoisotopic (exact) mass is 390 g/mol. The van der Waals surface area contributed by atoms with E-state index in [-0.39, 0.29) is 5.91 Å². The maximum atomic E-state index is 12.4. The fourth-order valence-corrected chi connectivity index (χ4v) is 4.07. The van der Waals surface area contributed by atoms with Crippen molar-refractivity contribution < 1.29 is 9.53 Å². The molecule has 0 radical (unpaired) electrons. The van der Waals surface area contributed by atoms with Crippen LogP contribution in [0.2, 0.25) is 5.02 Å². The summed E-state index contributed by atoms with van der Waals surface area (Å²) in [5.74, 6) is 2.39. The Morgan fingerprint density at radius 3 is 2.50 bits per heavy atom. The molecular weight excluding hydrogens is 368 g/mol. The second-order valence-corrected chi connectivity index (χ2v) is 7.61. The zero-order valence-corrected chi connectivity index (χ0v) is 16.4. The van der Waals surface area contributed by atoms with Gasteiger partial charge in [0.05, 0.1) is 12.9 Å². The number of amides is 1. The van der Waals surface area contributed by atoms with E-state index in [0.717, 1.165) is 48.3 Å². The molecule has 0 spiro atoms. The number of ether oxygens (including phenoxy) is 1. The topological polar surface area (TPSA) is 32.8 Å². The van der Waals surface area contributed by atoms with Gasteiger partial charge in [-0.1, -0.05) is 23.7 Å². The summed E-state index contributed by atoms with van der Waals surface area (Å²) in [5.41, 5.74) is 2.33. The maximum absolute atomic E-state index is 12.4. The smallest absolute Gasteiger partial charge is 0.232 e. The number of rotatable bonds is 6. The molecule has 1 saturated heterocycles. The van der Waals surface area contributed by atoms with Gasteiger partial charge in [0, 0.05) is 42.6 Å². The predicted octanol–water partition coefficient (Wildman–Crippen LogP) is 3.93. The first-order valence-electron chi connectivity index (χ1n) is 8.64. The molecule has 3 rings (SSSR count). The molecule has 0 bridgehead atoms. The van der Waals surface area contributed by atoms with Gasteiger partial charge in [-0.25, -0.2) is 0 Å². The number of carbonyl (C=O) groups is 1. The lowest BCUT2D eigenvalue weighted by Gasteiger charge is -2.36. The zero-order chi connectivity index (χ0) is 18.4. The first-order chi connectivity index (χ1) is 12.7. The van der Waals surface area contributed by atoms with Gasteiger partial charge in [-0.2, -0.15) is 0 Å². The van der Waals surface area contributed by atoms with E-state index < -0.39 is 0 Å². The highest BCUT2D eigenvalue weighted by Crippen LogP contribution is 2.21. The van der Waals surface area contributed by atoms with Gasteiger partial charge in [0.15, 0.2) is 0 Å². The van der Waals surface area contributed by atoms with Gasteiger partial charge in [0.1, 0.15) is 5.75 Å². The van der Waals surface area contributed by atoms with Gasteiger partial charge >= 0.3 is 0 Å². The molecule has 0 aromatic heterocycles. The van der Waals surface area contributed by atoms with Crippen molar-refractivity contribution in [3.63, 3.8) is 0 Å². The van der Waals surface area contributed by atoms with Gasteiger partial charge in [0.25, 0.3) is 0 Å². The van der Waals surface area contributed by atoms with E-state index in [2.05, 4.69) is 17.0 Å². The molecule has 1 aliphatic rings. The SMILES string of the molecule is COc1ccc(N2CCN(C(=O)CSCc3cccc(Cl)c3)CC2)cc1. The van der Waals surface area contributed by atoms with E-state index in [9.17, 15) is 4.79 Å². The molecule has 6 heteroatoms. The third-order valence-corrected chi connectivity index (χ3v) is 5.68. The van der Waals surface area contributed by atoms with Crippen LogP contribution < -0.4 is 9.64 Å². The minimum Gasteiger partial charge on any atom is -0.497 e. The molecule has 1 heterocycles. The summed E-state index contributed by atoms with van der Waals surface area (Å²) >= 11 is 7.63. The molecule has 2 aromatic carbocycles. The van der Waals surface area contributed by atoms with Crippen molar-refractivity contribution in [2.24, 2.45) is 0 Å². The normalized spacial score (nSPS) is 14.4. The van der Waals surface area contributed by atoms with Crippen molar-refractivity contribution in [3.05, 3.63) is 59.1 Å². The van der Waals surface area contributed by atoms with E-state index in [1.165, 1.54) is 5.69 Å². The van der Waals surface area contributed by atoms with Crippen LogP contribution in [0.3, 0.4) is 0 Å². The summed E-state index contributed by atoms with van der Waals surface area (Å²) in [6.07, 6.45) is 0. The molecule has 4 nitrogen and oxygen atoms in total. The molecule has 138 valence electrons. The molecule has 0 N–H and O–H groups in total. The molecule has 0 unspecified atom stereocenters. The van der Waals surface area contributed by atoms with Crippen LogP contribution in [0.5, 0.6) is 5.75 Å². The molecule has 1 fully saturated rings. The van der Waals surface area contributed by atoms with Crippen LogP contribution in [0.15, 0.2) is 48.5 Å². The van der Waals surface area contributed by atoms with E-state index in [1.807, 2.05) is 41.3 Å². The summed E-state index contributed by atoms with van der Waals surface area (Å²) in [4.78, 5) is 16.7. The van der Waals surface area contributed by atoms with Crippen molar-refractivity contribution >= 4 is 35.0 Å². The van der Waals surface area contributed by atoms with E-state index in [1.54, 1.807) is 18.9 Å². The zero-order valence-electron chi connectivity index (χ0n) is 14.9. The van der Waals surface area contributed by atoms with Crippen LogP contribution in [0, 0.1) is 0 Å². The minimum absolute atomic E-state index is 0.214. The Balaban J connectivity index is 1.43. The molecule has 2 aromatic rings. The minimum atomic E-state index is 0.214. The maximum Gasteiger partial charge on any atom is 0.232 e. The molecule has 1 aliphatic heterocycles. The number of thioether (sulfide) groups is 1. The number of hydrogen-bond acceptors (Lipinski definition) is 4. The van der Waals surface area contributed by atoms with Crippen LogP contribution in [0.25, 0.3) is 0 Å². The number of halogens is 1. The average molecular weight is 391 g/mol. The summed E-state index contributed by atoms with van der Waals surface area (Å²) in [7, 11) is 1.67. The van der Waals surface area contributed by atoms with E-state index in [0.29, 0.717) is 5.75 Å². The van der Waals surface area contributed by atoms with Crippen LogP contribution >= 0.6 is 23.4 Å². The van der Waals surface area contributed by atoms with E-state index >= 15 is 0 Å². The van der Waals surface area contributed by atoms with Crippen LogP contribution in [0.1, 0.15) is 5.56 Å². The van der Waals surface area contributed by atoms with Gasteiger partial charge in [-0.15, -0.1) is 11.8 Å². The largest absolute Gasteiger partial charge is 0.497 e. The standard InChI is InChI=1S/C20H23ClN2O2S/c1-25-19-7-5-18(6-8-19)22-9-11-23(12-10-22)20(24)15-26-14-16-3-2-4-17(21)13-16/h2-8,13H,9-12,14-15H2,1H3. The molecular formula is C20H23ClN2O2S. The summed E-state index contributed by atoms with van der Waals surface area (Å²) in [6.45, 7) is 3.25. The number of nitrogens with zero attached hydrogens (tertiary/aromatic N) is 2. The van der Waals surface area contributed by atoms with E-state index in [4.69, 9.17) is 16.3 Å². The molecule has 26 heavy (non-hydrogen) atoms. The highest BCUT2D eigenvalue weighted by Gasteiger charge is 2.21. The first-order valence-corrected chi connectivity index (χ1v) is 10.2. The Labute approximate surface area is 164 Å². The third kappa shape index (κ3) is 5.08. The number of piperazine rings is 1. The van der Waals surface area contributed by atoms with Crippen LogP contribution in [-0.2, 0) is 10.5 Å². The Hall–Kier alpha value is -1.85. The number of hydrogen-bond donors (Lipinski definition) is 0. The van der Waals surface area contributed by atoms with Crippen molar-refractivity contribution in [2.45, 2.75) is 5.75 Å².